The molecule has 2 heterocycles. The van der Waals surface area contributed by atoms with Gasteiger partial charge in [-0.3, -0.25) is 9.59 Å². The summed E-state index contributed by atoms with van der Waals surface area (Å²) in [6.45, 7) is 0.854. The average molecular weight is 409 g/mol. The van der Waals surface area contributed by atoms with E-state index in [1.165, 1.54) is 11.1 Å². The number of morpholine rings is 1. The topological polar surface area (TPSA) is 86.2 Å². The van der Waals surface area contributed by atoms with Crippen LogP contribution >= 0.6 is 22.6 Å². The zero-order chi connectivity index (χ0) is 15.7. The summed E-state index contributed by atoms with van der Waals surface area (Å²) in [6, 6.07) is 7.44. The molecular weight excluding hydrogens is 397 g/mol. The number of halogens is 1. The summed E-state index contributed by atoms with van der Waals surface area (Å²) >= 11 is 2.12. The number of fused-ring (bicyclic) bond motifs is 1. The molecular formula is C15H12IN3O3. The van der Waals surface area contributed by atoms with E-state index in [0.717, 1.165) is 3.57 Å². The molecule has 2 aromatic rings. The average Bonchev–Trinajstić information content (AvgIpc) is 2.55. The van der Waals surface area contributed by atoms with Gasteiger partial charge in [0.15, 0.2) is 6.10 Å². The number of amides is 1. The summed E-state index contributed by atoms with van der Waals surface area (Å²) in [6.07, 6.45) is 0.801. The van der Waals surface area contributed by atoms with E-state index in [1.807, 2.05) is 18.2 Å². The molecule has 0 radical (unpaired) electrons. The quantitative estimate of drug-likeness (QED) is 0.724. The van der Waals surface area contributed by atoms with Crippen molar-refractivity contribution in [2.45, 2.75) is 6.10 Å². The van der Waals surface area contributed by atoms with Gasteiger partial charge in [0, 0.05) is 27.2 Å². The van der Waals surface area contributed by atoms with Crippen molar-refractivity contribution in [3.63, 3.8) is 0 Å². The first-order chi connectivity index (χ1) is 10.6. The van der Waals surface area contributed by atoms with Gasteiger partial charge in [-0.15, -0.1) is 0 Å². The van der Waals surface area contributed by atoms with E-state index in [2.05, 4.69) is 27.6 Å². The first-order valence-electron chi connectivity index (χ1n) is 6.71. The van der Waals surface area contributed by atoms with E-state index >= 15 is 0 Å². The lowest BCUT2D eigenvalue weighted by Gasteiger charge is -2.29. The molecule has 1 amide bonds. The predicted octanol–water partition coefficient (Wildman–Crippen LogP) is 1.50. The molecule has 0 bridgehead atoms. The molecule has 0 unspecified atom stereocenters. The first kappa shape index (κ1) is 15.0. The molecule has 1 atom stereocenters. The van der Waals surface area contributed by atoms with E-state index in [1.54, 1.807) is 6.07 Å². The van der Waals surface area contributed by atoms with Crippen LogP contribution in [-0.4, -0.2) is 41.6 Å². The Morgan fingerprint density at radius 1 is 1.50 bits per heavy atom. The second-order valence-corrected chi connectivity index (χ2v) is 6.21. The van der Waals surface area contributed by atoms with Crippen LogP contribution in [-0.2, 0) is 4.74 Å². The zero-order valence-electron chi connectivity index (χ0n) is 11.5. The highest BCUT2D eigenvalue weighted by atomic mass is 127. The van der Waals surface area contributed by atoms with Gasteiger partial charge in [0.05, 0.1) is 19.2 Å². The summed E-state index contributed by atoms with van der Waals surface area (Å²) in [4.78, 5) is 29.6. The monoisotopic (exact) mass is 409 g/mol. The fourth-order valence-corrected chi connectivity index (χ4v) is 2.92. The number of hydrogen-bond donors (Lipinski definition) is 1. The molecule has 3 rings (SSSR count). The van der Waals surface area contributed by atoms with E-state index in [9.17, 15) is 9.59 Å². The molecule has 6 nitrogen and oxygen atoms in total. The number of nitrogens with one attached hydrogen (secondary N) is 1. The van der Waals surface area contributed by atoms with Crippen molar-refractivity contribution in [2.75, 3.05) is 19.7 Å². The molecule has 112 valence electrons. The summed E-state index contributed by atoms with van der Waals surface area (Å²) < 4.78 is 6.14. The third-order valence-corrected chi connectivity index (χ3v) is 4.24. The smallest absolute Gasteiger partial charge is 0.259 e. The van der Waals surface area contributed by atoms with Crippen molar-refractivity contribution < 1.29 is 9.53 Å². The maximum Gasteiger partial charge on any atom is 0.259 e. The van der Waals surface area contributed by atoms with Crippen molar-refractivity contribution in [2.24, 2.45) is 0 Å². The van der Waals surface area contributed by atoms with Gasteiger partial charge < -0.3 is 14.6 Å². The number of benzene rings is 1. The maximum atomic E-state index is 12.5. The highest BCUT2D eigenvalue weighted by Crippen LogP contribution is 2.14. The Labute approximate surface area is 139 Å². The van der Waals surface area contributed by atoms with Crippen LogP contribution in [0.1, 0.15) is 10.4 Å². The Bertz CT molecular complexity index is 840. The number of rotatable bonds is 1. The molecule has 0 aliphatic carbocycles. The third kappa shape index (κ3) is 2.71. The van der Waals surface area contributed by atoms with Crippen LogP contribution < -0.4 is 5.43 Å². The van der Waals surface area contributed by atoms with Gasteiger partial charge in [0.1, 0.15) is 5.56 Å². The third-order valence-electron chi connectivity index (χ3n) is 3.57. The Kier molecular flexibility index (Phi) is 4.13. The molecule has 7 heteroatoms. The summed E-state index contributed by atoms with van der Waals surface area (Å²) in [5.74, 6) is -0.370. The van der Waals surface area contributed by atoms with Gasteiger partial charge >= 0.3 is 0 Å². The number of pyridine rings is 1. The molecule has 22 heavy (non-hydrogen) atoms. The van der Waals surface area contributed by atoms with Crippen LogP contribution in [0.15, 0.2) is 29.2 Å². The van der Waals surface area contributed by atoms with Crippen LogP contribution in [0, 0.1) is 14.9 Å². The fourth-order valence-electron chi connectivity index (χ4n) is 2.43. The van der Waals surface area contributed by atoms with E-state index in [0.29, 0.717) is 24.1 Å². The Balaban J connectivity index is 1.99. The number of H-pyrrole nitrogens is 1. The Hall–Kier alpha value is -1.92. The maximum absolute atomic E-state index is 12.5. The number of aromatic amines is 1. The van der Waals surface area contributed by atoms with Gasteiger partial charge in [0.25, 0.3) is 5.91 Å². The van der Waals surface area contributed by atoms with E-state index < -0.39 is 6.10 Å². The standard InChI is InChI=1S/C15H12IN3O3/c16-9-1-2-13-11(5-9)14(20)12(7-18-13)15(21)19-3-4-22-10(6-17)8-19/h1-2,5,7,10H,3-4,8H2,(H,18,20)/t10-/m1/s1. The number of nitriles is 1. The van der Waals surface area contributed by atoms with Crippen LogP contribution in [0.25, 0.3) is 10.9 Å². The van der Waals surface area contributed by atoms with Gasteiger partial charge in [-0.05, 0) is 40.8 Å². The highest BCUT2D eigenvalue weighted by molar-refractivity contribution is 14.1. The van der Waals surface area contributed by atoms with Crippen LogP contribution in [0.4, 0.5) is 0 Å². The lowest BCUT2D eigenvalue weighted by Crippen LogP contribution is -2.46. The molecule has 1 aromatic heterocycles. The number of carbonyl (C=O) groups is 1. The summed E-state index contributed by atoms with van der Waals surface area (Å²) in [7, 11) is 0. The van der Waals surface area contributed by atoms with E-state index in [4.69, 9.17) is 10.00 Å². The van der Waals surface area contributed by atoms with Crippen molar-refractivity contribution in [3.05, 3.63) is 43.8 Å². The number of carbonyl (C=O) groups excluding carboxylic acids is 1. The lowest BCUT2D eigenvalue weighted by molar-refractivity contribution is 0.00340. The summed E-state index contributed by atoms with van der Waals surface area (Å²) in [5.41, 5.74) is 0.490. The normalized spacial score (nSPS) is 18.2. The first-order valence-corrected chi connectivity index (χ1v) is 7.79. The highest BCUT2D eigenvalue weighted by Gasteiger charge is 2.26. The summed E-state index contributed by atoms with van der Waals surface area (Å²) in [5, 5.41) is 9.39. The van der Waals surface area contributed by atoms with Gasteiger partial charge in [-0.2, -0.15) is 5.26 Å². The molecule has 1 fully saturated rings. The van der Waals surface area contributed by atoms with Crippen LogP contribution in [0.5, 0.6) is 0 Å². The number of nitrogens with zero attached hydrogens (tertiary/aromatic N) is 2. The molecule has 1 aliphatic rings. The second-order valence-electron chi connectivity index (χ2n) is 4.96. The zero-order valence-corrected chi connectivity index (χ0v) is 13.7. The Morgan fingerprint density at radius 2 is 2.32 bits per heavy atom. The minimum atomic E-state index is -0.641. The van der Waals surface area contributed by atoms with Crippen LogP contribution in [0.3, 0.4) is 0 Å². The van der Waals surface area contributed by atoms with Gasteiger partial charge in [-0.25, -0.2) is 0 Å². The van der Waals surface area contributed by atoms with Crippen molar-refractivity contribution >= 4 is 39.4 Å². The van der Waals surface area contributed by atoms with E-state index in [-0.39, 0.29) is 23.4 Å². The molecule has 1 aromatic carbocycles. The minimum Gasteiger partial charge on any atom is -0.360 e. The SMILES string of the molecule is N#C[C@@H]1CN(C(=O)c2c[nH]c3ccc(I)cc3c2=O)CCO1. The molecule has 1 aliphatic heterocycles. The second kappa shape index (κ2) is 6.06. The molecule has 1 N–H and O–H groups in total. The largest absolute Gasteiger partial charge is 0.360 e. The van der Waals surface area contributed by atoms with Gasteiger partial charge in [0.2, 0.25) is 5.43 Å². The lowest BCUT2D eigenvalue weighted by atomic mass is 10.1. The molecule has 0 spiro atoms. The number of aromatic nitrogens is 1. The molecule has 0 saturated carbocycles. The van der Waals surface area contributed by atoms with Crippen molar-refractivity contribution in [1.82, 2.24) is 9.88 Å². The van der Waals surface area contributed by atoms with Crippen molar-refractivity contribution in [1.29, 1.82) is 5.26 Å². The predicted molar refractivity (Wildman–Crippen MR) is 88.5 cm³/mol. The fraction of sp³-hybridized carbons (Fsp3) is 0.267. The number of hydrogen-bond acceptors (Lipinski definition) is 4. The van der Waals surface area contributed by atoms with Gasteiger partial charge in [-0.1, -0.05) is 0 Å². The van der Waals surface area contributed by atoms with Crippen molar-refractivity contribution in [3.8, 4) is 6.07 Å². The van der Waals surface area contributed by atoms with Crippen LogP contribution in [0.2, 0.25) is 0 Å². The molecule has 1 saturated heterocycles. The minimum absolute atomic E-state index is 0.0908. The number of ether oxygens (including phenoxy) is 1. The Morgan fingerprint density at radius 3 is 3.09 bits per heavy atom.